The molecule has 0 atom stereocenters. The minimum Gasteiger partial charge on any atom is -0.322 e. The number of nitrogens with zero attached hydrogens (tertiary/aromatic N) is 2. The van der Waals surface area contributed by atoms with E-state index in [1.165, 1.54) is 0 Å². The molecule has 0 fully saturated rings. The highest BCUT2D eigenvalue weighted by Crippen LogP contribution is 2.15. The van der Waals surface area contributed by atoms with E-state index >= 15 is 0 Å². The maximum absolute atomic E-state index is 12.2. The SMILES string of the molecule is Cc1nn(C)c(C)c1C(=O)Nc1ccc(C=O)cc1. The Hall–Kier alpha value is -2.43. The van der Waals surface area contributed by atoms with Crippen molar-refractivity contribution in [3.63, 3.8) is 0 Å². The predicted molar refractivity (Wildman–Crippen MR) is 72.5 cm³/mol. The molecule has 1 heterocycles. The first-order chi connectivity index (χ1) is 9.02. The molecule has 0 aliphatic heterocycles. The number of aldehydes is 1. The van der Waals surface area contributed by atoms with Crippen molar-refractivity contribution >= 4 is 17.9 Å². The molecule has 0 saturated carbocycles. The molecular formula is C14H15N3O2. The second-order valence-electron chi connectivity index (χ2n) is 4.36. The van der Waals surface area contributed by atoms with E-state index in [-0.39, 0.29) is 5.91 Å². The van der Waals surface area contributed by atoms with Crippen LogP contribution >= 0.6 is 0 Å². The minimum absolute atomic E-state index is 0.193. The van der Waals surface area contributed by atoms with Gasteiger partial charge in [0.2, 0.25) is 0 Å². The largest absolute Gasteiger partial charge is 0.322 e. The number of hydrogen-bond donors (Lipinski definition) is 1. The van der Waals surface area contributed by atoms with Gasteiger partial charge >= 0.3 is 0 Å². The van der Waals surface area contributed by atoms with E-state index in [2.05, 4.69) is 10.4 Å². The van der Waals surface area contributed by atoms with Gasteiger partial charge in [0.1, 0.15) is 6.29 Å². The molecule has 98 valence electrons. The molecule has 1 aromatic carbocycles. The van der Waals surface area contributed by atoms with Gasteiger partial charge in [0, 0.05) is 24.0 Å². The molecule has 0 aliphatic carbocycles. The van der Waals surface area contributed by atoms with E-state index in [9.17, 15) is 9.59 Å². The molecule has 5 heteroatoms. The zero-order valence-electron chi connectivity index (χ0n) is 11.1. The van der Waals surface area contributed by atoms with Crippen LogP contribution in [0.15, 0.2) is 24.3 Å². The van der Waals surface area contributed by atoms with Crippen molar-refractivity contribution in [1.29, 1.82) is 0 Å². The van der Waals surface area contributed by atoms with Crippen LogP contribution in [0.25, 0.3) is 0 Å². The number of rotatable bonds is 3. The molecule has 0 aliphatic rings. The maximum atomic E-state index is 12.2. The van der Waals surface area contributed by atoms with Gasteiger partial charge in [-0.25, -0.2) is 0 Å². The standard InChI is InChI=1S/C14H15N3O2/c1-9-13(10(2)17(3)16-9)14(19)15-12-6-4-11(8-18)5-7-12/h4-8H,1-3H3,(H,15,19). The number of benzene rings is 1. The number of nitrogens with one attached hydrogen (secondary N) is 1. The Morgan fingerprint density at radius 2 is 1.89 bits per heavy atom. The van der Waals surface area contributed by atoms with E-state index < -0.39 is 0 Å². The fourth-order valence-electron chi connectivity index (χ4n) is 1.94. The van der Waals surface area contributed by atoms with Crippen molar-refractivity contribution in [2.75, 3.05) is 5.32 Å². The van der Waals surface area contributed by atoms with Crippen LogP contribution in [-0.4, -0.2) is 22.0 Å². The van der Waals surface area contributed by atoms with Crippen LogP contribution in [0.2, 0.25) is 0 Å². The van der Waals surface area contributed by atoms with Crippen molar-refractivity contribution in [3.05, 3.63) is 46.8 Å². The second-order valence-corrected chi connectivity index (χ2v) is 4.36. The normalized spacial score (nSPS) is 10.3. The van der Waals surface area contributed by atoms with Gasteiger partial charge in [-0.05, 0) is 38.1 Å². The monoisotopic (exact) mass is 257 g/mol. The van der Waals surface area contributed by atoms with Gasteiger partial charge in [-0.2, -0.15) is 5.10 Å². The highest BCUT2D eigenvalue weighted by atomic mass is 16.1. The van der Waals surface area contributed by atoms with Crippen LogP contribution in [-0.2, 0) is 7.05 Å². The molecule has 5 nitrogen and oxygen atoms in total. The zero-order chi connectivity index (χ0) is 14.0. The third-order valence-electron chi connectivity index (χ3n) is 3.04. The predicted octanol–water partition coefficient (Wildman–Crippen LogP) is 2.10. The first kappa shape index (κ1) is 13.0. The first-order valence-corrected chi connectivity index (χ1v) is 5.89. The molecule has 0 bridgehead atoms. The lowest BCUT2D eigenvalue weighted by atomic mass is 10.1. The summed E-state index contributed by atoms with van der Waals surface area (Å²) in [6.45, 7) is 3.65. The topological polar surface area (TPSA) is 64.0 Å². The average Bonchev–Trinajstić information content (AvgIpc) is 2.64. The van der Waals surface area contributed by atoms with Gasteiger partial charge in [0.05, 0.1) is 11.3 Å². The number of aromatic nitrogens is 2. The Morgan fingerprint density at radius 3 is 2.37 bits per heavy atom. The van der Waals surface area contributed by atoms with Gasteiger partial charge < -0.3 is 5.32 Å². The van der Waals surface area contributed by atoms with Crippen LogP contribution in [0.4, 0.5) is 5.69 Å². The van der Waals surface area contributed by atoms with E-state index in [1.54, 1.807) is 42.9 Å². The molecule has 0 spiro atoms. The summed E-state index contributed by atoms with van der Waals surface area (Å²) in [5.41, 5.74) is 3.33. The number of anilines is 1. The van der Waals surface area contributed by atoms with Gasteiger partial charge in [0.15, 0.2) is 0 Å². The quantitative estimate of drug-likeness (QED) is 0.856. The zero-order valence-corrected chi connectivity index (χ0v) is 11.1. The summed E-state index contributed by atoms with van der Waals surface area (Å²) < 4.78 is 1.68. The fraction of sp³-hybridized carbons (Fsp3) is 0.214. The van der Waals surface area contributed by atoms with Crippen LogP contribution in [0.5, 0.6) is 0 Å². The summed E-state index contributed by atoms with van der Waals surface area (Å²) in [6.07, 6.45) is 0.765. The van der Waals surface area contributed by atoms with Crippen LogP contribution < -0.4 is 5.32 Å². The third kappa shape index (κ3) is 2.54. The van der Waals surface area contributed by atoms with E-state index in [0.29, 0.717) is 22.5 Å². The third-order valence-corrected chi connectivity index (χ3v) is 3.04. The lowest BCUT2D eigenvalue weighted by molar-refractivity contribution is 0.102. The Balaban J connectivity index is 2.22. The van der Waals surface area contributed by atoms with Gasteiger partial charge in [-0.1, -0.05) is 0 Å². The smallest absolute Gasteiger partial charge is 0.259 e. The Bertz CT molecular complexity index is 627. The number of amides is 1. The van der Waals surface area contributed by atoms with E-state index in [4.69, 9.17) is 0 Å². The first-order valence-electron chi connectivity index (χ1n) is 5.89. The Labute approximate surface area is 111 Å². The van der Waals surface area contributed by atoms with Gasteiger partial charge in [-0.3, -0.25) is 14.3 Å². The van der Waals surface area contributed by atoms with Crippen LogP contribution in [0.1, 0.15) is 32.1 Å². The molecule has 1 aromatic heterocycles. The van der Waals surface area contributed by atoms with Crippen LogP contribution in [0.3, 0.4) is 0 Å². The van der Waals surface area contributed by atoms with Crippen molar-refractivity contribution in [2.45, 2.75) is 13.8 Å². The summed E-state index contributed by atoms with van der Waals surface area (Å²) in [4.78, 5) is 22.7. The highest BCUT2D eigenvalue weighted by molar-refractivity contribution is 6.05. The van der Waals surface area contributed by atoms with E-state index in [1.807, 2.05) is 6.92 Å². The van der Waals surface area contributed by atoms with Gasteiger partial charge in [-0.15, -0.1) is 0 Å². The minimum atomic E-state index is -0.193. The Kier molecular flexibility index (Phi) is 3.46. The van der Waals surface area contributed by atoms with Crippen molar-refractivity contribution < 1.29 is 9.59 Å². The van der Waals surface area contributed by atoms with E-state index in [0.717, 1.165) is 12.0 Å². The number of hydrogen-bond acceptors (Lipinski definition) is 3. The maximum Gasteiger partial charge on any atom is 0.259 e. The summed E-state index contributed by atoms with van der Waals surface area (Å²) in [5, 5.41) is 7.01. The molecule has 2 rings (SSSR count). The lowest BCUT2D eigenvalue weighted by Crippen LogP contribution is -2.14. The molecule has 19 heavy (non-hydrogen) atoms. The highest BCUT2D eigenvalue weighted by Gasteiger charge is 2.17. The molecular weight excluding hydrogens is 242 g/mol. The number of carbonyl (C=O) groups excluding carboxylic acids is 2. The summed E-state index contributed by atoms with van der Waals surface area (Å²) in [6, 6.07) is 6.71. The summed E-state index contributed by atoms with van der Waals surface area (Å²) >= 11 is 0. The molecule has 1 amide bonds. The molecule has 0 radical (unpaired) electrons. The van der Waals surface area contributed by atoms with Gasteiger partial charge in [0.25, 0.3) is 5.91 Å². The fourth-order valence-corrected chi connectivity index (χ4v) is 1.94. The number of carbonyl (C=O) groups is 2. The second kappa shape index (κ2) is 5.06. The summed E-state index contributed by atoms with van der Waals surface area (Å²) in [7, 11) is 1.80. The van der Waals surface area contributed by atoms with Crippen molar-refractivity contribution in [2.24, 2.45) is 7.05 Å². The molecule has 0 saturated heterocycles. The van der Waals surface area contributed by atoms with Crippen molar-refractivity contribution in [1.82, 2.24) is 9.78 Å². The molecule has 2 aromatic rings. The van der Waals surface area contributed by atoms with Crippen molar-refractivity contribution in [3.8, 4) is 0 Å². The Morgan fingerprint density at radius 1 is 1.26 bits per heavy atom. The van der Waals surface area contributed by atoms with Crippen LogP contribution in [0, 0.1) is 13.8 Å². The number of aryl methyl sites for hydroxylation is 2. The molecule has 0 unspecified atom stereocenters. The average molecular weight is 257 g/mol. The molecule has 1 N–H and O–H groups in total. The lowest BCUT2D eigenvalue weighted by Gasteiger charge is -2.05. The summed E-state index contributed by atoms with van der Waals surface area (Å²) in [5.74, 6) is -0.193.